The van der Waals surface area contributed by atoms with E-state index in [1.807, 2.05) is 12.1 Å². The summed E-state index contributed by atoms with van der Waals surface area (Å²) in [6.45, 7) is 5.38. The molecule has 0 aliphatic carbocycles. The first kappa shape index (κ1) is 15.4. The van der Waals surface area contributed by atoms with E-state index in [1.165, 1.54) is 50.5 Å². The van der Waals surface area contributed by atoms with Gasteiger partial charge in [0.15, 0.2) is 0 Å². The zero-order valence-corrected chi connectivity index (χ0v) is 12.5. The molecule has 2 heteroatoms. The number of unbranched alkanes of at least 4 members (excludes halogenated alkanes) is 6. The van der Waals surface area contributed by atoms with Crippen LogP contribution in [-0.2, 0) is 0 Å². The number of benzene rings is 1. The highest BCUT2D eigenvalue weighted by molar-refractivity contribution is 6.33. The second kappa shape index (κ2) is 9.27. The molecule has 0 unspecified atom stereocenters. The molecule has 102 valence electrons. The van der Waals surface area contributed by atoms with Gasteiger partial charge in [-0.15, -0.1) is 0 Å². The van der Waals surface area contributed by atoms with Crippen molar-refractivity contribution in [3.63, 3.8) is 0 Å². The number of halogens is 1. The number of nitrogens with one attached hydrogen (secondary N) is 1. The van der Waals surface area contributed by atoms with E-state index < -0.39 is 0 Å². The van der Waals surface area contributed by atoms with E-state index in [1.54, 1.807) is 0 Å². The average molecular weight is 268 g/mol. The molecule has 18 heavy (non-hydrogen) atoms. The molecule has 0 saturated carbocycles. The molecule has 0 amide bonds. The van der Waals surface area contributed by atoms with Crippen LogP contribution >= 0.6 is 11.6 Å². The van der Waals surface area contributed by atoms with Gasteiger partial charge in [0, 0.05) is 6.54 Å². The molecule has 0 aliphatic rings. The number of hydrogen-bond acceptors (Lipinski definition) is 1. The molecule has 0 spiro atoms. The van der Waals surface area contributed by atoms with Crippen LogP contribution in [0.15, 0.2) is 18.2 Å². The van der Waals surface area contributed by atoms with Crippen LogP contribution in [0.3, 0.4) is 0 Å². The fourth-order valence-electron chi connectivity index (χ4n) is 2.15. The van der Waals surface area contributed by atoms with Crippen LogP contribution in [-0.4, -0.2) is 6.54 Å². The summed E-state index contributed by atoms with van der Waals surface area (Å²) in [6, 6.07) is 6.04. The topological polar surface area (TPSA) is 12.0 Å². The van der Waals surface area contributed by atoms with Gasteiger partial charge in [0.05, 0.1) is 10.7 Å². The smallest absolute Gasteiger partial charge is 0.0640 e. The van der Waals surface area contributed by atoms with Gasteiger partial charge in [-0.1, -0.05) is 69.2 Å². The summed E-state index contributed by atoms with van der Waals surface area (Å²) in [4.78, 5) is 0. The Hall–Kier alpha value is -0.690. The number of para-hydroxylation sites is 1. The summed E-state index contributed by atoms with van der Waals surface area (Å²) >= 11 is 6.16. The summed E-state index contributed by atoms with van der Waals surface area (Å²) < 4.78 is 0. The van der Waals surface area contributed by atoms with Gasteiger partial charge >= 0.3 is 0 Å². The standard InChI is InChI=1S/C16H26ClN/c1-3-4-5-6-7-8-9-13-18-16-14(2)11-10-12-15(16)17/h10-12,18H,3-9,13H2,1-2H3. The highest BCUT2D eigenvalue weighted by atomic mass is 35.5. The van der Waals surface area contributed by atoms with Crippen molar-refractivity contribution in [1.29, 1.82) is 0 Å². The molecule has 0 aliphatic heterocycles. The first-order valence-corrected chi connectivity index (χ1v) is 7.62. The Morgan fingerprint density at radius 2 is 1.67 bits per heavy atom. The third-order valence-corrected chi connectivity index (χ3v) is 3.62. The number of aryl methyl sites for hydroxylation is 1. The van der Waals surface area contributed by atoms with E-state index in [9.17, 15) is 0 Å². The molecule has 0 fully saturated rings. The fraction of sp³-hybridized carbons (Fsp3) is 0.625. The molecule has 0 saturated heterocycles. The lowest BCUT2D eigenvalue weighted by Gasteiger charge is -2.11. The van der Waals surface area contributed by atoms with Crippen molar-refractivity contribution in [2.24, 2.45) is 0 Å². The maximum atomic E-state index is 6.16. The monoisotopic (exact) mass is 267 g/mol. The lowest BCUT2D eigenvalue weighted by molar-refractivity contribution is 0.596. The highest BCUT2D eigenvalue weighted by Gasteiger charge is 2.01. The molecule has 0 radical (unpaired) electrons. The Labute approximate surface area is 117 Å². The second-order valence-corrected chi connectivity index (χ2v) is 5.39. The predicted molar refractivity (Wildman–Crippen MR) is 82.7 cm³/mol. The van der Waals surface area contributed by atoms with Gasteiger partial charge in [0.25, 0.3) is 0 Å². The lowest BCUT2D eigenvalue weighted by atomic mass is 10.1. The quantitative estimate of drug-likeness (QED) is 0.557. The third kappa shape index (κ3) is 5.77. The molecule has 0 bridgehead atoms. The van der Waals surface area contributed by atoms with Crippen molar-refractivity contribution in [3.8, 4) is 0 Å². The number of rotatable bonds is 9. The van der Waals surface area contributed by atoms with Crippen LogP contribution in [0.1, 0.15) is 57.4 Å². The van der Waals surface area contributed by atoms with Crippen molar-refractivity contribution in [1.82, 2.24) is 0 Å². The predicted octanol–water partition coefficient (Wildman–Crippen LogP) is 5.81. The fourth-order valence-corrected chi connectivity index (χ4v) is 2.44. The van der Waals surface area contributed by atoms with E-state index in [0.717, 1.165) is 17.3 Å². The van der Waals surface area contributed by atoms with Crippen molar-refractivity contribution in [2.75, 3.05) is 11.9 Å². The van der Waals surface area contributed by atoms with Gasteiger partial charge < -0.3 is 5.32 Å². The Kier molecular flexibility index (Phi) is 7.91. The average Bonchev–Trinajstić information content (AvgIpc) is 2.35. The van der Waals surface area contributed by atoms with E-state index in [-0.39, 0.29) is 0 Å². The maximum absolute atomic E-state index is 6.16. The summed E-state index contributed by atoms with van der Waals surface area (Å²) in [7, 11) is 0. The van der Waals surface area contributed by atoms with Crippen molar-refractivity contribution in [2.45, 2.75) is 58.8 Å². The summed E-state index contributed by atoms with van der Waals surface area (Å²) in [5.74, 6) is 0. The SMILES string of the molecule is CCCCCCCCCNc1c(C)cccc1Cl. The number of anilines is 1. The van der Waals surface area contributed by atoms with Gasteiger partial charge in [-0.2, -0.15) is 0 Å². The Balaban J connectivity index is 2.11. The largest absolute Gasteiger partial charge is 0.384 e. The minimum Gasteiger partial charge on any atom is -0.384 e. The van der Waals surface area contributed by atoms with Crippen LogP contribution in [0.5, 0.6) is 0 Å². The van der Waals surface area contributed by atoms with E-state index in [4.69, 9.17) is 11.6 Å². The van der Waals surface area contributed by atoms with Crippen LogP contribution in [0.25, 0.3) is 0 Å². The van der Waals surface area contributed by atoms with Gasteiger partial charge in [-0.3, -0.25) is 0 Å². The van der Waals surface area contributed by atoms with Crippen LogP contribution in [0, 0.1) is 6.92 Å². The Bertz CT molecular complexity index is 316. The Morgan fingerprint density at radius 3 is 2.33 bits per heavy atom. The van der Waals surface area contributed by atoms with E-state index >= 15 is 0 Å². The molecule has 0 aromatic heterocycles. The van der Waals surface area contributed by atoms with Crippen LogP contribution in [0.4, 0.5) is 5.69 Å². The van der Waals surface area contributed by atoms with E-state index in [0.29, 0.717) is 0 Å². The van der Waals surface area contributed by atoms with Crippen molar-refractivity contribution >= 4 is 17.3 Å². The van der Waals surface area contributed by atoms with Crippen molar-refractivity contribution in [3.05, 3.63) is 28.8 Å². The summed E-state index contributed by atoms with van der Waals surface area (Å²) in [5, 5.41) is 4.28. The molecule has 1 rings (SSSR count). The van der Waals surface area contributed by atoms with Gasteiger partial charge in [-0.25, -0.2) is 0 Å². The minimum atomic E-state index is 0.831. The zero-order valence-electron chi connectivity index (χ0n) is 11.8. The minimum absolute atomic E-state index is 0.831. The molecule has 1 N–H and O–H groups in total. The van der Waals surface area contributed by atoms with Crippen LogP contribution < -0.4 is 5.32 Å². The number of hydrogen-bond donors (Lipinski definition) is 1. The highest BCUT2D eigenvalue weighted by Crippen LogP contribution is 2.25. The van der Waals surface area contributed by atoms with Gasteiger partial charge in [0.2, 0.25) is 0 Å². The molecule has 0 heterocycles. The summed E-state index contributed by atoms with van der Waals surface area (Å²) in [6.07, 6.45) is 9.41. The summed E-state index contributed by atoms with van der Waals surface area (Å²) in [5.41, 5.74) is 2.33. The molecule has 1 aromatic rings. The van der Waals surface area contributed by atoms with Crippen molar-refractivity contribution < 1.29 is 0 Å². The molecular weight excluding hydrogens is 242 g/mol. The van der Waals surface area contributed by atoms with Gasteiger partial charge in [0.1, 0.15) is 0 Å². The maximum Gasteiger partial charge on any atom is 0.0640 e. The first-order valence-electron chi connectivity index (χ1n) is 7.24. The molecular formula is C16H26ClN. The second-order valence-electron chi connectivity index (χ2n) is 4.98. The molecule has 1 aromatic carbocycles. The normalized spacial score (nSPS) is 10.6. The zero-order chi connectivity index (χ0) is 13.2. The lowest BCUT2D eigenvalue weighted by Crippen LogP contribution is -2.03. The molecule has 0 atom stereocenters. The molecule has 1 nitrogen and oxygen atoms in total. The Morgan fingerprint density at radius 1 is 1.00 bits per heavy atom. The third-order valence-electron chi connectivity index (χ3n) is 3.30. The van der Waals surface area contributed by atoms with Crippen LogP contribution in [0.2, 0.25) is 5.02 Å². The van der Waals surface area contributed by atoms with E-state index in [2.05, 4.69) is 25.2 Å². The first-order chi connectivity index (χ1) is 8.75. The van der Waals surface area contributed by atoms with Gasteiger partial charge in [-0.05, 0) is 25.0 Å².